The van der Waals surface area contributed by atoms with E-state index in [0.29, 0.717) is 19.5 Å². The number of carbonyl (C=O) groups is 1. The maximum atomic E-state index is 12.7. The normalized spacial score (nSPS) is 17.9. The predicted octanol–water partition coefficient (Wildman–Crippen LogP) is 2.61. The van der Waals surface area contributed by atoms with Crippen molar-refractivity contribution >= 4 is 17.5 Å². The second-order valence-corrected chi connectivity index (χ2v) is 8.31. The molecular weight excluding hydrogens is 378 g/mol. The summed E-state index contributed by atoms with van der Waals surface area (Å²) in [6, 6.07) is 11.8. The van der Waals surface area contributed by atoms with Gasteiger partial charge in [0.05, 0.1) is 13.5 Å². The number of piperidine rings is 1. The van der Waals surface area contributed by atoms with Crippen LogP contribution in [0.25, 0.3) is 0 Å². The average molecular weight is 410 g/mol. The third-order valence-electron chi connectivity index (χ3n) is 6.21. The van der Waals surface area contributed by atoms with E-state index in [1.54, 1.807) is 7.11 Å². The standard InChI is InChI=1S/C23H31N5O2/c1-18-9-11-26(12-10-18)21-7-8-22(25-24-21)27-13-15-28(16-14-27)23(29)17-19-3-5-20(30-2)6-4-19/h3-8,18H,9-17H2,1-2H3. The molecular formula is C23H31N5O2. The molecule has 30 heavy (non-hydrogen) atoms. The van der Waals surface area contributed by atoms with E-state index < -0.39 is 0 Å². The lowest BCUT2D eigenvalue weighted by Crippen LogP contribution is -2.49. The molecule has 2 aliphatic heterocycles. The molecule has 0 bridgehead atoms. The van der Waals surface area contributed by atoms with Gasteiger partial charge >= 0.3 is 0 Å². The van der Waals surface area contributed by atoms with Gasteiger partial charge < -0.3 is 19.4 Å². The Hall–Kier alpha value is -2.83. The molecule has 0 radical (unpaired) electrons. The van der Waals surface area contributed by atoms with Gasteiger partial charge in [0.2, 0.25) is 5.91 Å². The molecule has 7 nitrogen and oxygen atoms in total. The van der Waals surface area contributed by atoms with Crippen LogP contribution in [0, 0.1) is 5.92 Å². The van der Waals surface area contributed by atoms with Gasteiger partial charge in [0, 0.05) is 39.3 Å². The van der Waals surface area contributed by atoms with Crippen molar-refractivity contribution in [3.8, 4) is 5.75 Å². The number of rotatable bonds is 5. The van der Waals surface area contributed by atoms with Gasteiger partial charge in [-0.3, -0.25) is 4.79 Å². The van der Waals surface area contributed by atoms with Gasteiger partial charge in [0.1, 0.15) is 5.75 Å². The Labute approximate surface area is 178 Å². The molecule has 0 spiro atoms. The van der Waals surface area contributed by atoms with E-state index in [0.717, 1.165) is 55.0 Å². The number of ether oxygens (including phenoxy) is 1. The summed E-state index contributed by atoms with van der Waals surface area (Å²) in [5, 5.41) is 8.94. The minimum absolute atomic E-state index is 0.167. The van der Waals surface area contributed by atoms with Crippen molar-refractivity contribution in [1.29, 1.82) is 0 Å². The molecule has 3 heterocycles. The second-order valence-electron chi connectivity index (χ2n) is 8.31. The highest BCUT2D eigenvalue weighted by molar-refractivity contribution is 5.79. The van der Waals surface area contributed by atoms with E-state index in [1.165, 1.54) is 12.8 Å². The lowest BCUT2D eigenvalue weighted by atomic mass is 9.99. The molecule has 0 aliphatic carbocycles. The molecule has 2 fully saturated rings. The van der Waals surface area contributed by atoms with Gasteiger partial charge in [-0.05, 0) is 48.6 Å². The molecule has 0 N–H and O–H groups in total. The Morgan fingerprint density at radius 3 is 2.00 bits per heavy atom. The van der Waals surface area contributed by atoms with Gasteiger partial charge in [0.15, 0.2) is 11.6 Å². The number of benzene rings is 1. The number of hydrogen-bond acceptors (Lipinski definition) is 6. The quantitative estimate of drug-likeness (QED) is 0.757. The van der Waals surface area contributed by atoms with Crippen LogP contribution in [0.3, 0.4) is 0 Å². The molecule has 1 aromatic heterocycles. The highest BCUT2D eigenvalue weighted by Gasteiger charge is 2.23. The summed E-state index contributed by atoms with van der Waals surface area (Å²) in [5.74, 6) is 3.64. The van der Waals surface area contributed by atoms with Crippen LogP contribution in [-0.2, 0) is 11.2 Å². The van der Waals surface area contributed by atoms with Crippen LogP contribution in [0.5, 0.6) is 5.75 Å². The topological polar surface area (TPSA) is 61.8 Å². The summed E-state index contributed by atoms with van der Waals surface area (Å²) < 4.78 is 5.18. The zero-order valence-electron chi connectivity index (χ0n) is 18.0. The fraction of sp³-hybridized carbons (Fsp3) is 0.522. The van der Waals surface area contributed by atoms with Crippen LogP contribution in [0.1, 0.15) is 25.3 Å². The largest absolute Gasteiger partial charge is 0.497 e. The Balaban J connectivity index is 1.28. The van der Waals surface area contributed by atoms with Gasteiger partial charge in [0.25, 0.3) is 0 Å². The fourth-order valence-corrected chi connectivity index (χ4v) is 4.11. The van der Waals surface area contributed by atoms with Crippen molar-refractivity contribution in [3.05, 3.63) is 42.0 Å². The molecule has 0 saturated carbocycles. The van der Waals surface area contributed by atoms with Gasteiger partial charge in [-0.15, -0.1) is 10.2 Å². The summed E-state index contributed by atoms with van der Waals surface area (Å²) in [6.45, 7) is 7.42. The number of anilines is 2. The molecule has 1 amide bonds. The molecule has 0 unspecified atom stereocenters. The molecule has 160 valence electrons. The zero-order valence-corrected chi connectivity index (χ0v) is 18.0. The Kier molecular flexibility index (Phi) is 6.35. The first kappa shape index (κ1) is 20.4. The van der Waals surface area contributed by atoms with Crippen molar-refractivity contribution in [2.45, 2.75) is 26.2 Å². The summed E-state index contributed by atoms with van der Waals surface area (Å²) in [5.41, 5.74) is 1.01. The van der Waals surface area contributed by atoms with Gasteiger partial charge in [-0.2, -0.15) is 0 Å². The number of carbonyl (C=O) groups excluding carboxylic acids is 1. The van der Waals surface area contributed by atoms with Gasteiger partial charge in [-0.1, -0.05) is 19.1 Å². The van der Waals surface area contributed by atoms with Crippen LogP contribution in [-0.4, -0.2) is 67.4 Å². The van der Waals surface area contributed by atoms with Crippen LogP contribution in [0.2, 0.25) is 0 Å². The first-order valence-corrected chi connectivity index (χ1v) is 10.9. The Morgan fingerprint density at radius 2 is 1.47 bits per heavy atom. The number of piperazine rings is 1. The Bertz CT molecular complexity index is 824. The molecule has 2 saturated heterocycles. The van der Waals surface area contributed by atoms with E-state index in [-0.39, 0.29) is 5.91 Å². The molecule has 2 aliphatic rings. The highest BCUT2D eigenvalue weighted by atomic mass is 16.5. The minimum atomic E-state index is 0.167. The van der Waals surface area contributed by atoms with E-state index in [1.807, 2.05) is 29.2 Å². The van der Waals surface area contributed by atoms with E-state index in [4.69, 9.17) is 4.74 Å². The number of nitrogens with zero attached hydrogens (tertiary/aromatic N) is 5. The third-order valence-corrected chi connectivity index (χ3v) is 6.21. The van der Waals surface area contributed by atoms with Crippen LogP contribution < -0.4 is 14.5 Å². The lowest BCUT2D eigenvalue weighted by molar-refractivity contribution is -0.130. The van der Waals surface area contributed by atoms with Crippen LogP contribution >= 0.6 is 0 Å². The molecule has 4 rings (SSSR count). The molecule has 0 atom stereocenters. The molecule has 2 aromatic rings. The fourth-order valence-electron chi connectivity index (χ4n) is 4.11. The third kappa shape index (κ3) is 4.83. The molecule has 7 heteroatoms. The zero-order chi connectivity index (χ0) is 20.9. The number of methoxy groups -OCH3 is 1. The lowest BCUT2D eigenvalue weighted by Gasteiger charge is -2.35. The van der Waals surface area contributed by atoms with Crippen molar-refractivity contribution in [2.75, 3.05) is 56.2 Å². The maximum Gasteiger partial charge on any atom is 0.227 e. The smallest absolute Gasteiger partial charge is 0.227 e. The number of aromatic nitrogens is 2. The van der Waals surface area contributed by atoms with E-state index in [9.17, 15) is 4.79 Å². The highest BCUT2D eigenvalue weighted by Crippen LogP contribution is 2.22. The summed E-state index contributed by atoms with van der Waals surface area (Å²) in [4.78, 5) is 19.1. The van der Waals surface area contributed by atoms with Crippen molar-refractivity contribution in [2.24, 2.45) is 5.92 Å². The van der Waals surface area contributed by atoms with Crippen LogP contribution in [0.4, 0.5) is 11.6 Å². The van der Waals surface area contributed by atoms with Crippen molar-refractivity contribution in [1.82, 2.24) is 15.1 Å². The predicted molar refractivity (Wildman–Crippen MR) is 118 cm³/mol. The van der Waals surface area contributed by atoms with E-state index in [2.05, 4.69) is 39.1 Å². The Morgan fingerprint density at radius 1 is 0.900 bits per heavy atom. The first-order chi connectivity index (χ1) is 14.6. The number of amides is 1. The van der Waals surface area contributed by atoms with Crippen molar-refractivity contribution < 1.29 is 9.53 Å². The van der Waals surface area contributed by atoms with Crippen molar-refractivity contribution in [3.63, 3.8) is 0 Å². The summed E-state index contributed by atoms with van der Waals surface area (Å²) in [7, 11) is 1.64. The summed E-state index contributed by atoms with van der Waals surface area (Å²) >= 11 is 0. The minimum Gasteiger partial charge on any atom is -0.497 e. The maximum absolute atomic E-state index is 12.7. The number of hydrogen-bond donors (Lipinski definition) is 0. The summed E-state index contributed by atoms with van der Waals surface area (Å²) in [6.07, 6.45) is 2.86. The molecule has 1 aromatic carbocycles. The monoisotopic (exact) mass is 409 g/mol. The average Bonchev–Trinajstić information content (AvgIpc) is 2.80. The SMILES string of the molecule is COc1ccc(CC(=O)N2CCN(c3ccc(N4CCC(C)CC4)nn3)CC2)cc1. The second kappa shape index (κ2) is 9.32. The van der Waals surface area contributed by atoms with Crippen LogP contribution in [0.15, 0.2) is 36.4 Å². The van der Waals surface area contributed by atoms with Gasteiger partial charge in [-0.25, -0.2) is 0 Å². The van der Waals surface area contributed by atoms with E-state index >= 15 is 0 Å². The first-order valence-electron chi connectivity index (χ1n) is 10.9.